The highest BCUT2D eigenvalue weighted by Crippen LogP contribution is 2.25. The number of nitrogens with zero attached hydrogens (tertiary/aromatic N) is 1. The van der Waals surface area contributed by atoms with Crippen molar-refractivity contribution >= 4 is 18.3 Å². The lowest BCUT2D eigenvalue weighted by atomic mass is 9.84. The molecule has 0 saturated carbocycles. The summed E-state index contributed by atoms with van der Waals surface area (Å²) < 4.78 is 5.12. The van der Waals surface area contributed by atoms with Gasteiger partial charge in [-0.15, -0.1) is 12.4 Å². The van der Waals surface area contributed by atoms with Crippen molar-refractivity contribution in [3.8, 4) is 0 Å². The third-order valence-corrected chi connectivity index (χ3v) is 4.19. The Labute approximate surface area is 136 Å². The first-order chi connectivity index (χ1) is 9.54. The van der Waals surface area contributed by atoms with E-state index in [4.69, 9.17) is 4.74 Å². The molecule has 0 bridgehead atoms. The average molecular weight is 321 g/mol. The van der Waals surface area contributed by atoms with E-state index in [-0.39, 0.29) is 12.4 Å². The third kappa shape index (κ3) is 8.03. The molecule has 4 nitrogen and oxygen atoms in total. The molecule has 0 aliphatic carbocycles. The summed E-state index contributed by atoms with van der Waals surface area (Å²) in [6, 6.07) is 0. The van der Waals surface area contributed by atoms with Crippen molar-refractivity contribution in [1.29, 1.82) is 0 Å². The van der Waals surface area contributed by atoms with Gasteiger partial charge in [0, 0.05) is 26.6 Å². The Morgan fingerprint density at radius 3 is 2.43 bits per heavy atom. The molecule has 1 saturated heterocycles. The van der Waals surface area contributed by atoms with Gasteiger partial charge in [0.1, 0.15) is 0 Å². The third-order valence-electron chi connectivity index (χ3n) is 4.19. The lowest BCUT2D eigenvalue weighted by molar-refractivity contribution is -0.133. The van der Waals surface area contributed by atoms with E-state index in [1.807, 2.05) is 4.90 Å². The van der Waals surface area contributed by atoms with Crippen LogP contribution in [-0.4, -0.2) is 50.7 Å². The van der Waals surface area contributed by atoms with Crippen LogP contribution in [0.2, 0.25) is 0 Å². The zero-order valence-corrected chi connectivity index (χ0v) is 14.9. The van der Waals surface area contributed by atoms with Crippen molar-refractivity contribution in [2.24, 2.45) is 17.8 Å². The van der Waals surface area contributed by atoms with Gasteiger partial charge in [-0.1, -0.05) is 20.8 Å². The first kappa shape index (κ1) is 20.7. The van der Waals surface area contributed by atoms with Crippen LogP contribution >= 0.6 is 12.4 Å². The van der Waals surface area contributed by atoms with Crippen LogP contribution in [0.15, 0.2) is 0 Å². The summed E-state index contributed by atoms with van der Waals surface area (Å²) in [5, 5.41) is 3.39. The summed E-state index contributed by atoms with van der Waals surface area (Å²) >= 11 is 0. The standard InChI is InChI=1S/C16H32N2O2.ClH/c1-13(2)12-18(9-10-20-4)16(19)11-14(3)15-5-7-17-8-6-15;/h13-15,17H,5-12H2,1-4H3;1H. The minimum atomic E-state index is 0. The number of carbonyl (C=O) groups excluding carboxylic acids is 1. The van der Waals surface area contributed by atoms with E-state index in [0.717, 1.165) is 19.6 Å². The van der Waals surface area contributed by atoms with E-state index < -0.39 is 0 Å². The maximum absolute atomic E-state index is 12.5. The second kappa shape index (κ2) is 11.3. The summed E-state index contributed by atoms with van der Waals surface area (Å²) in [4.78, 5) is 14.5. The monoisotopic (exact) mass is 320 g/mol. The fourth-order valence-electron chi connectivity index (χ4n) is 2.94. The number of rotatable bonds is 8. The summed E-state index contributed by atoms with van der Waals surface area (Å²) in [6.45, 7) is 10.9. The first-order valence-corrected chi connectivity index (χ1v) is 8.02. The van der Waals surface area contributed by atoms with E-state index in [9.17, 15) is 4.79 Å². The molecule has 1 atom stereocenters. The molecule has 1 rings (SSSR count). The van der Waals surface area contributed by atoms with Gasteiger partial charge in [-0.25, -0.2) is 0 Å². The van der Waals surface area contributed by atoms with E-state index in [2.05, 4.69) is 26.1 Å². The number of halogens is 1. The van der Waals surface area contributed by atoms with Gasteiger partial charge in [0.15, 0.2) is 0 Å². The van der Waals surface area contributed by atoms with Gasteiger partial charge in [0.25, 0.3) is 0 Å². The van der Waals surface area contributed by atoms with Crippen LogP contribution in [0.1, 0.15) is 40.0 Å². The molecule has 21 heavy (non-hydrogen) atoms. The second-order valence-corrected chi connectivity index (χ2v) is 6.50. The summed E-state index contributed by atoms with van der Waals surface area (Å²) in [7, 11) is 1.69. The largest absolute Gasteiger partial charge is 0.383 e. The first-order valence-electron chi connectivity index (χ1n) is 8.02. The maximum Gasteiger partial charge on any atom is 0.222 e. The zero-order chi connectivity index (χ0) is 15.0. The fourth-order valence-corrected chi connectivity index (χ4v) is 2.94. The summed E-state index contributed by atoms with van der Waals surface area (Å²) in [5.41, 5.74) is 0. The lowest BCUT2D eigenvalue weighted by Gasteiger charge is -2.30. The van der Waals surface area contributed by atoms with E-state index in [0.29, 0.717) is 43.2 Å². The number of methoxy groups -OCH3 is 1. The van der Waals surface area contributed by atoms with Crippen LogP contribution < -0.4 is 5.32 Å². The smallest absolute Gasteiger partial charge is 0.222 e. The Kier molecular flexibility index (Phi) is 11.1. The molecule has 0 aromatic rings. The maximum atomic E-state index is 12.5. The minimum Gasteiger partial charge on any atom is -0.383 e. The van der Waals surface area contributed by atoms with Gasteiger partial charge in [0.05, 0.1) is 6.61 Å². The van der Waals surface area contributed by atoms with Crippen LogP contribution in [0.4, 0.5) is 0 Å². The van der Waals surface area contributed by atoms with Gasteiger partial charge < -0.3 is 15.0 Å². The van der Waals surface area contributed by atoms with Crippen molar-refractivity contribution in [2.45, 2.75) is 40.0 Å². The van der Waals surface area contributed by atoms with Crippen LogP contribution in [0, 0.1) is 17.8 Å². The van der Waals surface area contributed by atoms with Gasteiger partial charge in [-0.2, -0.15) is 0 Å². The Bertz CT molecular complexity index is 281. The van der Waals surface area contributed by atoms with Gasteiger partial charge in [0.2, 0.25) is 5.91 Å². The molecule has 126 valence electrons. The molecule has 1 aliphatic heterocycles. The molecule has 1 heterocycles. The molecular weight excluding hydrogens is 288 g/mol. The number of piperidine rings is 1. The molecule has 0 aromatic carbocycles. The number of nitrogens with one attached hydrogen (secondary N) is 1. The molecule has 0 radical (unpaired) electrons. The summed E-state index contributed by atoms with van der Waals surface area (Å²) in [5.74, 6) is 1.98. The predicted octanol–water partition coefficient (Wildman–Crippen LogP) is 2.57. The lowest BCUT2D eigenvalue weighted by Crippen LogP contribution is -2.39. The molecule has 5 heteroatoms. The number of hydrogen-bond acceptors (Lipinski definition) is 3. The molecular formula is C16H33ClN2O2. The van der Waals surface area contributed by atoms with Crippen molar-refractivity contribution in [1.82, 2.24) is 10.2 Å². The van der Waals surface area contributed by atoms with Crippen LogP contribution in [0.5, 0.6) is 0 Å². The predicted molar refractivity (Wildman–Crippen MR) is 89.9 cm³/mol. The number of carbonyl (C=O) groups is 1. The van der Waals surface area contributed by atoms with Crippen LogP contribution in [-0.2, 0) is 9.53 Å². The molecule has 1 aliphatic rings. The van der Waals surface area contributed by atoms with Gasteiger partial charge in [-0.3, -0.25) is 4.79 Å². The minimum absolute atomic E-state index is 0. The highest BCUT2D eigenvalue weighted by molar-refractivity contribution is 5.85. The van der Waals surface area contributed by atoms with E-state index in [1.54, 1.807) is 7.11 Å². The topological polar surface area (TPSA) is 41.6 Å². The Morgan fingerprint density at radius 2 is 1.90 bits per heavy atom. The van der Waals surface area contributed by atoms with Crippen molar-refractivity contribution in [3.63, 3.8) is 0 Å². The Balaban J connectivity index is 0.00000400. The molecule has 1 amide bonds. The molecule has 1 unspecified atom stereocenters. The number of amides is 1. The van der Waals surface area contributed by atoms with Crippen LogP contribution in [0.3, 0.4) is 0 Å². The zero-order valence-electron chi connectivity index (χ0n) is 14.1. The molecule has 1 N–H and O–H groups in total. The average Bonchev–Trinajstić information content (AvgIpc) is 2.43. The fraction of sp³-hybridized carbons (Fsp3) is 0.938. The molecule has 1 fully saturated rings. The SMILES string of the molecule is COCCN(CC(C)C)C(=O)CC(C)C1CCNCC1.Cl. The van der Waals surface area contributed by atoms with Crippen molar-refractivity contribution < 1.29 is 9.53 Å². The quantitative estimate of drug-likeness (QED) is 0.747. The van der Waals surface area contributed by atoms with E-state index >= 15 is 0 Å². The number of ether oxygens (including phenoxy) is 1. The Hall–Kier alpha value is -0.320. The summed E-state index contributed by atoms with van der Waals surface area (Å²) in [6.07, 6.45) is 3.09. The van der Waals surface area contributed by atoms with Gasteiger partial charge >= 0.3 is 0 Å². The second-order valence-electron chi connectivity index (χ2n) is 6.50. The molecule has 0 spiro atoms. The van der Waals surface area contributed by atoms with E-state index in [1.165, 1.54) is 12.8 Å². The highest BCUT2D eigenvalue weighted by atomic mass is 35.5. The normalized spacial score (nSPS) is 17.4. The van der Waals surface area contributed by atoms with Gasteiger partial charge in [-0.05, 0) is 43.7 Å². The van der Waals surface area contributed by atoms with Crippen molar-refractivity contribution in [3.05, 3.63) is 0 Å². The number of hydrogen-bond donors (Lipinski definition) is 1. The van der Waals surface area contributed by atoms with Crippen LogP contribution in [0.25, 0.3) is 0 Å². The Morgan fingerprint density at radius 1 is 1.29 bits per heavy atom. The highest BCUT2D eigenvalue weighted by Gasteiger charge is 2.24. The van der Waals surface area contributed by atoms with Crippen molar-refractivity contribution in [2.75, 3.05) is 39.9 Å². The molecule has 0 aromatic heterocycles.